The Labute approximate surface area is 141 Å². The molecule has 0 unspecified atom stereocenters. The fourth-order valence-electron chi connectivity index (χ4n) is 2.61. The summed E-state index contributed by atoms with van der Waals surface area (Å²) in [7, 11) is 1.60. The molecule has 0 bridgehead atoms. The summed E-state index contributed by atoms with van der Waals surface area (Å²) in [5, 5.41) is 0.510. The quantitative estimate of drug-likeness (QED) is 0.849. The Kier molecular flexibility index (Phi) is 4.90. The summed E-state index contributed by atoms with van der Waals surface area (Å²) in [6.45, 7) is 5.53. The molecule has 119 valence electrons. The van der Waals surface area contributed by atoms with Gasteiger partial charge >= 0.3 is 0 Å². The van der Waals surface area contributed by atoms with Gasteiger partial charge in [0.2, 0.25) is 6.29 Å². The first-order chi connectivity index (χ1) is 10.8. The van der Waals surface area contributed by atoms with Gasteiger partial charge in [-0.15, -0.1) is 0 Å². The van der Waals surface area contributed by atoms with E-state index in [1.165, 1.54) is 4.90 Å². The molecule has 23 heavy (non-hydrogen) atoms. The van der Waals surface area contributed by atoms with E-state index in [-0.39, 0.29) is 5.91 Å². The molecule has 0 spiro atoms. The maximum Gasteiger partial charge on any atom is 0.254 e. The third kappa shape index (κ3) is 3.45. The summed E-state index contributed by atoms with van der Waals surface area (Å²) in [6.07, 6.45) is 2.00. The molecule has 0 heterocycles. The van der Waals surface area contributed by atoms with Crippen LogP contribution in [0.5, 0.6) is 0 Å². The minimum Gasteiger partial charge on any atom is -0.325 e. The molecular weight excluding hydrogens is 310 g/mol. The zero-order chi connectivity index (χ0) is 17.2. The van der Waals surface area contributed by atoms with E-state index in [0.29, 0.717) is 16.1 Å². The zero-order valence-electron chi connectivity index (χ0n) is 13.7. The second-order valence-corrected chi connectivity index (χ2v) is 6.36. The second kappa shape index (κ2) is 6.55. The lowest BCUT2D eigenvalue weighted by molar-refractivity contribution is 0.0684. The number of carbonyl (C=O) groups is 1. The van der Waals surface area contributed by atoms with Crippen LogP contribution in [-0.4, -0.2) is 24.1 Å². The first kappa shape index (κ1) is 17.2. The van der Waals surface area contributed by atoms with Crippen LogP contribution < -0.4 is 0 Å². The Bertz CT molecular complexity index is 737. The van der Waals surface area contributed by atoms with Crippen LogP contribution in [0.25, 0.3) is 0 Å². The van der Waals surface area contributed by atoms with Crippen molar-refractivity contribution in [2.24, 2.45) is 0 Å². The highest BCUT2D eigenvalue weighted by atomic mass is 35.5. The summed E-state index contributed by atoms with van der Waals surface area (Å²) in [6, 6.07) is 12.5. The molecule has 0 aromatic heterocycles. The van der Waals surface area contributed by atoms with Gasteiger partial charge in [-0.2, -0.15) is 0 Å². The lowest BCUT2D eigenvalue weighted by Crippen LogP contribution is -2.46. The third-order valence-electron chi connectivity index (χ3n) is 4.03. The van der Waals surface area contributed by atoms with E-state index in [2.05, 4.69) is 0 Å². The lowest BCUT2D eigenvalue weighted by atomic mass is 9.91. The highest BCUT2D eigenvalue weighted by Crippen LogP contribution is 2.28. The van der Waals surface area contributed by atoms with Crippen molar-refractivity contribution in [3.63, 3.8) is 0 Å². The first-order valence-corrected chi connectivity index (χ1v) is 7.67. The number of amides is 1. The van der Waals surface area contributed by atoms with Crippen LogP contribution in [0.2, 0.25) is 5.02 Å². The molecule has 0 saturated heterocycles. The number of rotatable bonds is 4. The fraction of sp³-hybridized carbons (Fsp3) is 0.263. The molecule has 0 fully saturated rings. The largest absolute Gasteiger partial charge is 0.325 e. The number of likely N-dealkylation sites (N-methyl/N-ethyl adjacent to an activating group) is 1. The summed E-state index contributed by atoms with van der Waals surface area (Å²) in [4.78, 5) is 25.9. The van der Waals surface area contributed by atoms with Gasteiger partial charge in [0.25, 0.3) is 5.91 Å². The second-order valence-electron chi connectivity index (χ2n) is 5.93. The van der Waals surface area contributed by atoms with Crippen LogP contribution in [0.4, 0.5) is 0 Å². The molecule has 0 aliphatic heterocycles. The first-order valence-electron chi connectivity index (χ1n) is 7.30. The normalized spacial score (nSPS) is 13.3. The predicted octanol–water partition coefficient (Wildman–Crippen LogP) is 4.05. The Balaban J connectivity index is 2.44. The Morgan fingerprint density at radius 3 is 2.26 bits per heavy atom. The number of carbonyl (C=O) groups excluding carboxylic acids is 2. The van der Waals surface area contributed by atoms with Gasteiger partial charge in [-0.25, -0.2) is 0 Å². The summed E-state index contributed by atoms with van der Waals surface area (Å²) in [5.41, 5.74) is 1.97. The molecule has 1 radical (unpaired) electrons. The van der Waals surface area contributed by atoms with Gasteiger partial charge in [-0.3, -0.25) is 9.59 Å². The molecule has 0 saturated carbocycles. The topological polar surface area (TPSA) is 37.4 Å². The summed E-state index contributed by atoms with van der Waals surface area (Å²) >= 11 is 6.02. The van der Waals surface area contributed by atoms with Crippen LogP contribution in [0.1, 0.15) is 34.0 Å². The Morgan fingerprint density at radius 2 is 1.74 bits per heavy atom. The number of hydrogen-bond donors (Lipinski definition) is 0. The Morgan fingerprint density at radius 1 is 1.13 bits per heavy atom. The van der Waals surface area contributed by atoms with E-state index in [0.717, 1.165) is 11.1 Å². The molecule has 1 atom stereocenters. The van der Waals surface area contributed by atoms with Gasteiger partial charge in [-0.05, 0) is 50.6 Å². The Hall–Kier alpha value is -2.13. The van der Waals surface area contributed by atoms with Crippen molar-refractivity contribution in [3.8, 4) is 0 Å². The molecular formula is C19H19ClNO2. The smallest absolute Gasteiger partial charge is 0.254 e. The van der Waals surface area contributed by atoms with E-state index in [4.69, 9.17) is 11.6 Å². The minimum absolute atomic E-state index is 0.234. The molecule has 0 N–H and O–H groups in total. The molecule has 0 aliphatic carbocycles. The van der Waals surface area contributed by atoms with E-state index in [1.807, 2.05) is 38.3 Å². The van der Waals surface area contributed by atoms with Crippen LogP contribution in [-0.2, 0) is 10.3 Å². The number of hydrogen-bond acceptors (Lipinski definition) is 2. The molecule has 3 nitrogen and oxygen atoms in total. The van der Waals surface area contributed by atoms with Gasteiger partial charge < -0.3 is 4.90 Å². The highest BCUT2D eigenvalue weighted by molar-refractivity contribution is 6.30. The fourth-order valence-corrected chi connectivity index (χ4v) is 2.80. The van der Waals surface area contributed by atoms with E-state index < -0.39 is 5.54 Å². The van der Waals surface area contributed by atoms with Crippen LogP contribution >= 0.6 is 11.6 Å². The average molecular weight is 329 g/mol. The maximum atomic E-state index is 12.8. The monoisotopic (exact) mass is 328 g/mol. The molecule has 2 aromatic rings. The van der Waals surface area contributed by atoms with Crippen molar-refractivity contribution in [3.05, 3.63) is 69.7 Å². The standard InChI is InChI=1S/C19H19ClNO2/c1-13-8-14(2)10-15(9-13)18(23)21(4)19(3,12-22)16-6-5-7-17(20)11-16/h5-11H,1-4H3/t19-/m0/s1. The third-order valence-corrected chi connectivity index (χ3v) is 4.26. The van der Waals surface area contributed by atoms with Gasteiger partial charge in [0, 0.05) is 17.6 Å². The maximum absolute atomic E-state index is 12.8. The zero-order valence-corrected chi connectivity index (χ0v) is 14.4. The number of nitrogens with zero attached hydrogens (tertiary/aromatic N) is 1. The van der Waals surface area contributed by atoms with Crippen molar-refractivity contribution >= 4 is 23.8 Å². The number of halogens is 1. The van der Waals surface area contributed by atoms with Crippen LogP contribution in [0.15, 0.2) is 42.5 Å². The van der Waals surface area contributed by atoms with E-state index in [1.54, 1.807) is 38.2 Å². The number of benzene rings is 2. The summed E-state index contributed by atoms with van der Waals surface area (Å²) in [5.74, 6) is -0.234. The molecule has 4 heteroatoms. The van der Waals surface area contributed by atoms with Gasteiger partial charge in [0.1, 0.15) is 5.54 Å². The predicted molar refractivity (Wildman–Crippen MR) is 92.5 cm³/mol. The molecule has 1 amide bonds. The van der Waals surface area contributed by atoms with E-state index >= 15 is 0 Å². The van der Waals surface area contributed by atoms with Crippen molar-refractivity contribution < 1.29 is 9.59 Å². The van der Waals surface area contributed by atoms with Crippen molar-refractivity contribution in [1.29, 1.82) is 0 Å². The van der Waals surface area contributed by atoms with Gasteiger partial charge in [0.15, 0.2) is 0 Å². The lowest BCUT2D eigenvalue weighted by Gasteiger charge is -2.34. The molecule has 2 rings (SSSR count). The van der Waals surface area contributed by atoms with Crippen molar-refractivity contribution in [1.82, 2.24) is 4.90 Å². The SMILES string of the molecule is Cc1cc(C)cc(C(=O)N(C)[C@@](C)([C]=O)c2cccc(Cl)c2)c1. The minimum atomic E-state index is -1.21. The molecule has 0 aliphatic rings. The van der Waals surface area contributed by atoms with Crippen molar-refractivity contribution in [2.45, 2.75) is 26.3 Å². The average Bonchev–Trinajstić information content (AvgIpc) is 2.51. The summed E-state index contributed by atoms with van der Waals surface area (Å²) < 4.78 is 0. The van der Waals surface area contributed by atoms with Gasteiger partial charge in [0.05, 0.1) is 0 Å². The molecule has 2 aromatic carbocycles. The number of aryl methyl sites for hydroxylation is 2. The van der Waals surface area contributed by atoms with Crippen LogP contribution in [0.3, 0.4) is 0 Å². The van der Waals surface area contributed by atoms with Gasteiger partial charge in [-0.1, -0.05) is 40.9 Å². The van der Waals surface area contributed by atoms with Crippen molar-refractivity contribution in [2.75, 3.05) is 7.05 Å². The highest BCUT2D eigenvalue weighted by Gasteiger charge is 2.36. The van der Waals surface area contributed by atoms with Crippen LogP contribution in [0, 0.1) is 13.8 Å². The van der Waals surface area contributed by atoms with E-state index in [9.17, 15) is 9.59 Å².